The van der Waals surface area contributed by atoms with E-state index in [1.165, 1.54) is 16.1 Å². The Bertz CT molecular complexity index is 859. The van der Waals surface area contributed by atoms with Gasteiger partial charge in [0, 0.05) is 45.6 Å². The first-order valence-corrected chi connectivity index (χ1v) is 10.7. The number of imidazole rings is 1. The first kappa shape index (κ1) is 18.9. The van der Waals surface area contributed by atoms with Crippen LogP contribution >= 0.6 is 11.8 Å². The molecule has 1 aromatic heterocycles. The molecule has 1 aliphatic heterocycles. The molecule has 0 saturated carbocycles. The molecule has 3 rings (SSSR count). The number of nitrogens with zero attached hydrogens (tertiary/aromatic N) is 4. The van der Waals surface area contributed by atoms with Crippen molar-refractivity contribution in [1.29, 1.82) is 0 Å². The summed E-state index contributed by atoms with van der Waals surface area (Å²) < 4.78 is 28.6. The number of sulfonamides is 1. The summed E-state index contributed by atoms with van der Waals surface area (Å²) in [5, 5.41) is 0.518. The summed E-state index contributed by atoms with van der Waals surface area (Å²) in [6.07, 6.45) is 3.54. The van der Waals surface area contributed by atoms with E-state index in [1.54, 1.807) is 41.4 Å². The maximum Gasteiger partial charge on any atom is 0.243 e. The summed E-state index contributed by atoms with van der Waals surface area (Å²) in [6, 6.07) is 8.40. The van der Waals surface area contributed by atoms with Gasteiger partial charge >= 0.3 is 0 Å². The number of rotatable bonds is 5. The van der Waals surface area contributed by atoms with E-state index in [0.29, 0.717) is 31.1 Å². The average Bonchev–Trinajstić information content (AvgIpc) is 3.06. The van der Waals surface area contributed by atoms with Crippen molar-refractivity contribution in [3.63, 3.8) is 0 Å². The summed E-state index contributed by atoms with van der Waals surface area (Å²) >= 11 is 1.41. The molecule has 1 aromatic carbocycles. The van der Waals surface area contributed by atoms with Gasteiger partial charge < -0.3 is 9.47 Å². The Balaban J connectivity index is 1.59. The number of hydrogen-bond acceptors (Lipinski definition) is 5. The van der Waals surface area contributed by atoms with Crippen LogP contribution in [0.2, 0.25) is 0 Å². The Morgan fingerprint density at radius 3 is 2.38 bits per heavy atom. The van der Waals surface area contributed by atoms with Crippen molar-refractivity contribution < 1.29 is 13.2 Å². The van der Waals surface area contributed by atoms with E-state index in [-0.39, 0.29) is 11.2 Å². The van der Waals surface area contributed by atoms with Crippen LogP contribution < -0.4 is 0 Å². The minimum atomic E-state index is -3.50. The van der Waals surface area contributed by atoms with E-state index in [9.17, 15) is 13.2 Å². The summed E-state index contributed by atoms with van der Waals surface area (Å²) in [6.45, 7) is 3.27. The number of thioether (sulfide) groups is 1. The van der Waals surface area contributed by atoms with E-state index in [1.807, 2.05) is 24.7 Å². The smallest absolute Gasteiger partial charge is 0.243 e. The number of carbonyl (C=O) groups is 1. The minimum absolute atomic E-state index is 0.00904. The minimum Gasteiger partial charge on any atom is -0.339 e. The molecule has 1 saturated heterocycles. The van der Waals surface area contributed by atoms with Crippen molar-refractivity contribution >= 4 is 27.7 Å². The summed E-state index contributed by atoms with van der Waals surface area (Å²) in [5.74, 6) is 0.00904. The molecular formula is C17H22N4O3S2. The topological polar surface area (TPSA) is 75.5 Å². The molecule has 2 heterocycles. The van der Waals surface area contributed by atoms with Gasteiger partial charge in [0.1, 0.15) is 0 Å². The van der Waals surface area contributed by atoms with Crippen molar-refractivity contribution in [2.24, 2.45) is 7.05 Å². The zero-order valence-corrected chi connectivity index (χ0v) is 16.4. The lowest BCUT2D eigenvalue weighted by molar-refractivity contribution is -0.131. The summed E-state index contributed by atoms with van der Waals surface area (Å²) in [5.41, 5.74) is 0. The molecule has 0 spiro atoms. The van der Waals surface area contributed by atoms with E-state index in [4.69, 9.17) is 0 Å². The Hall–Kier alpha value is -1.84. The molecular weight excluding hydrogens is 372 g/mol. The highest BCUT2D eigenvalue weighted by Crippen LogP contribution is 2.23. The number of benzene rings is 1. The average molecular weight is 395 g/mol. The van der Waals surface area contributed by atoms with Crippen molar-refractivity contribution in [2.75, 3.05) is 26.2 Å². The fourth-order valence-corrected chi connectivity index (χ4v) is 5.18. The lowest BCUT2D eigenvalue weighted by atomic mass is 10.3. The predicted octanol–water partition coefficient (Wildman–Crippen LogP) is 1.43. The van der Waals surface area contributed by atoms with Crippen LogP contribution in [0.5, 0.6) is 0 Å². The van der Waals surface area contributed by atoms with Gasteiger partial charge in [0.2, 0.25) is 15.9 Å². The highest BCUT2D eigenvalue weighted by Gasteiger charge is 2.31. The molecule has 9 heteroatoms. The van der Waals surface area contributed by atoms with E-state index in [0.717, 1.165) is 5.16 Å². The molecule has 0 bridgehead atoms. The molecule has 0 N–H and O–H groups in total. The summed E-state index contributed by atoms with van der Waals surface area (Å²) in [4.78, 5) is 18.9. The first-order valence-electron chi connectivity index (χ1n) is 8.37. The van der Waals surface area contributed by atoms with E-state index >= 15 is 0 Å². The highest BCUT2D eigenvalue weighted by molar-refractivity contribution is 8.00. The first-order chi connectivity index (χ1) is 12.4. The predicted molar refractivity (Wildman–Crippen MR) is 100 cm³/mol. The SMILES string of the molecule is CC(Sc1nccn1C)C(=O)N1CCN(S(=O)(=O)c2ccccc2)CC1. The van der Waals surface area contributed by atoms with Gasteiger partial charge in [0.25, 0.3) is 0 Å². The molecule has 1 unspecified atom stereocenters. The fraction of sp³-hybridized carbons (Fsp3) is 0.412. The zero-order valence-electron chi connectivity index (χ0n) is 14.8. The van der Waals surface area contributed by atoms with Gasteiger partial charge in [-0.05, 0) is 19.1 Å². The molecule has 0 aliphatic carbocycles. The third-order valence-corrected chi connectivity index (χ3v) is 7.41. The van der Waals surface area contributed by atoms with Crippen LogP contribution in [0.4, 0.5) is 0 Å². The second-order valence-electron chi connectivity index (χ2n) is 6.12. The molecule has 1 atom stereocenters. The molecule has 0 radical (unpaired) electrons. The van der Waals surface area contributed by atoms with Gasteiger partial charge in [-0.25, -0.2) is 13.4 Å². The fourth-order valence-electron chi connectivity index (χ4n) is 2.82. The molecule has 26 heavy (non-hydrogen) atoms. The van der Waals surface area contributed by atoms with Gasteiger partial charge in [-0.3, -0.25) is 4.79 Å². The van der Waals surface area contributed by atoms with Crippen LogP contribution in [-0.4, -0.2) is 64.5 Å². The normalized spacial score (nSPS) is 17.2. The van der Waals surface area contributed by atoms with Gasteiger partial charge in [0.15, 0.2) is 5.16 Å². The Kier molecular flexibility index (Phi) is 5.69. The molecule has 2 aromatic rings. The molecule has 1 fully saturated rings. The Labute approximate surface area is 158 Å². The number of aryl methyl sites for hydroxylation is 1. The van der Waals surface area contributed by atoms with Gasteiger partial charge in [-0.15, -0.1) is 0 Å². The number of aromatic nitrogens is 2. The zero-order chi connectivity index (χ0) is 18.7. The molecule has 7 nitrogen and oxygen atoms in total. The Morgan fingerprint density at radius 1 is 1.15 bits per heavy atom. The molecule has 1 aliphatic rings. The van der Waals surface area contributed by atoms with Crippen LogP contribution in [0.1, 0.15) is 6.92 Å². The van der Waals surface area contributed by atoms with Crippen LogP contribution in [0.25, 0.3) is 0 Å². The second-order valence-corrected chi connectivity index (χ2v) is 9.37. The third-order valence-electron chi connectivity index (χ3n) is 4.34. The van der Waals surface area contributed by atoms with Gasteiger partial charge in [-0.2, -0.15) is 4.31 Å². The van der Waals surface area contributed by atoms with Gasteiger partial charge in [0.05, 0.1) is 10.1 Å². The van der Waals surface area contributed by atoms with Crippen LogP contribution in [0, 0.1) is 0 Å². The second kappa shape index (κ2) is 7.81. The van der Waals surface area contributed by atoms with Crippen LogP contribution in [0.15, 0.2) is 52.8 Å². The number of amides is 1. The highest BCUT2D eigenvalue weighted by atomic mass is 32.2. The van der Waals surface area contributed by atoms with Crippen molar-refractivity contribution in [1.82, 2.24) is 18.8 Å². The lowest BCUT2D eigenvalue weighted by Gasteiger charge is -2.35. The molecule has 1 amide bonds. The quantitative estimate of drug-likeness (QED) is 0.717. The van der Waals surface area contributed by atoms with Crippen LogP contribution in [-0.2, 0) is 21.9 Å². The van der Waals surface area contributed by atoms with Crippen molar-refractivity contribution in [3.05, 3.63) is 42.7 Å². The van der Waals surface area contributed by atoms with E-state index < -0.39 is 10.0 Å². The van der Waals surface area contributed by atoms with Crippen LogP contribution in [0.3, 0.4) is 0 Å². The monoisotopic (exact) mass is 394 g/mol. The largest absolute Gasteiger partial charge is 0.339 e. The number of piperazine rings is 1. The maximum absolute atomic E-state index is 12.7. The maximum atomic E-state index is 12.7. The Morgan fingerprint density at radius 2 is 1.81 bits per heavy atom. The number of hydrogen-bond donors (Lipinski definition) is 0. The summed E-state index contributed by atoms with van der Waals surface area (Å²) in [7, 11) is -1.61. The van der Waals surface area contributed by atoms with E-state index in [2.05, 4.69) is 4.98 Å². The lowest BCUT2D eigenvalue weighted by Crippen LogP contribution is -2.52. The van der Waals surface area contributed by atoms with Crippen molar-refractivity contribution in [3.8, 4) is 0 Å². The van der Waals surface area contributed by atoms with Gasteiger partial charge in [-0.1, -0.05) is 30.0 Å². The standard InChI is InChI=1S/C17H22N4O3S2/c1-14(25-17-18-8-9-19(17)2)16(22)20-10-12-21(13-11-20)26(23,24)15-6-4-3-5-7-15/h3-9,14H,10-13H2,1-2H3. The van der Waals surface area contributed by atoms with Crippen molar-refractivity contribution in [2.45, 2.75) is 22.2 Å². The molecule has 140 valence electrons. The third kappa shape index (κ3) is 3.94. The number of carbonyl (C=O) groups excluding carboxylic acids is 1.